The van der Waals surface area contributed by atoms with Crippen LogP contribution in [0.15, 0.2) is 91.0 Å². The standard InChI is InChI=1S/C41H48ClN5O3/c1-28-25-34(42)17-16-32(28)27-37(45-39(48)36-19-18-35(44-36)31-10-3-2-4-11-31)40(49)47-24-23-46(41(50)38(47)13-7-8-21-43)22-20-29-14-15-30-9-5-6-12-33(30)26-29/h2-6,9-12,14-17,25-26,35-38,44H,7-8,13,18-24,27,43H2,1H3,(H,45,48)/t35-,36+,37-,38+/m1/s1. The zero-order valence-corrected chi connectivity index (χ0v) is 29.6. The summed E-state index contributed by atoms with van der Waals surface area (Å²) in [6, 6.07) is 28.6. The molecule has 2 fully saturated rings. The summed E-state index contributed by atoms with van der Waals surface area (Å²) in [6.07, 6.45) is 4.55. The number of halogens is 1. The quantitative estimate of drug-likeness (QED) is 0.155. The van der Waals surface area contributed by atoms with Gasteiger partial charge < -0.3 is 20.9 Å². The summed E-state index contributed by atoms with van der Waals surface area (Å²) in [5, 5.41) is 9.59. The van der Waals surface area contributed by atoms with E-state index in [2.05, 4.69) is 53.1 Å². The van der Waals surface area contributed by atoms with Crippen molar-refractivity contribution in [3.8, 4) is 0 Å². The van der Waals surface area contributed by atoms with Gasteiger partial charge in [-0.15, -0.1) is 0 Å². The highest BCUT2D eigenvalue weighted by Crippen LogP contribution is 2.27. The van der Waals surface area contributed by atoms with Gasteiger partial charge >= 0.3 is 0 Å². The number of unbranched alkanes of at least 4 members (excludes halogenated alkanes) is 1. The molecule has 0 aliphatic carbocycles. The van der Waals surface area contributed by atoms with Crippen molar-refractivity contribution in [3.63, 3.8) is 0 Å². The van der Waals surface area contributed by atoms with Crippen LogP contribution in [-0.4, -0.2) is 71.8 Å². The molecule has 50 heavy (non-hydrogen) atoms. The molecule has 8 nitrogen and oxygen atoms in total. The molecule has 0 radical (unpaired) electrons. The van der Waals surface area contributed by atoms with Gasteiger partial charge in [0, 0.05) is 37.1 Å². The van der Waals surface area contributed by atoms with Crippen molar-refractivity contribution in [2.24, 2.45) is 5.73 Å². The van der Waals surface area contributed by atoms with Gasteiger partial charge in [-0.1, -0.05) is 90.5 Å². The first-order valence-electron chi connectivity index (χ1n) is 17.9. The summed E-state index contributed by atoms with van der Waals surface area (Å²) >= 11 is 6.27. The van der Waals surface area contributed by atoms with Crippen molar-refractivity contribution in [3.05, 3.63) is 118 Å². The van der Waals surface area contributed by atoms with E-state index in [0.29, 0.717) is 50.5 Å². The van der Waals surface area contributed by atoms with Crippen molar-refractivity contribution >= 4 is 40.1 Å². The average Bonchev–Trinajstić information content (AvgIpc) is 3.63. The zero-order valence-electron chi connectivity index (χ0n) is 28.8. The van der Waals surface area contributed by atoms with E-state index in [0.717, 1.165) is 42.4 Å². The van der Waals surface area contributed by atoms with Gasteiger partial charge in [0.05, 0.1) is 6.04 Å². The number of aryl methyl sites for hydroxylation is 1. The Labute approximate surface area is 300 Å². The molecule has 4 N–H and O–H groups in total. The predicted molar refractivity (Wildman–Crippen MR) is 200 cm³/mol. The molecule has 3 amide bonds. The monoisotopic (exact) mass is 693 g/mol. The molecule has 0 aromatic heterocycles. The number of benzene rings is 4. The number of carbonyl (C=O) groups excluding carboxylic acids is 3. The third-order valence-electron chi connectivity index (χ3n) is 10.3. The predicted octanol–water partition coefficient (Wildman–Crippen LogP) is 5.73. The van der Waals surface area contributed by atoms with Gasteiger partial charge in [-0.25, -0.2) is 0 Å². The second kappa shape index (κ2) is 16.6. The number of piperazine rings is 1. The van der Waals surface area contributed by atoms with Crippen LogP contribution < -0.4 is 16.4 Å². The maximum atomic E-state index is 14.6. The molecule has 2 aliphatic rings. The fraction of sp³-hybridized carbons (Fsp3) is 0.390. The molecule has 6 rings (SSSR count). The number of carbonyl (C=O) groups is 3. The van der Waals surface area contributed by atoms with E-state index in [4.69, 9.17) is 17.3 Å². The third kappa shape index (κ3) is 8.55. The van der Waals surface area contributed by atoms with E-state index in [1.54, 1.807) is 4.90 Å². The first-order chi connectivity index (χ1) is 24.3. The summed E-state index contributed by atoms with van der Waals surface area (Å²) in [7, 11) is 0. The third-order valence-corrected chi connectivity index (χ3v) is 10.5. The number of nitrogens with two attached hydrogens (primary N) is 1. The summed E-state index contributed by atoms with van der Waals surface area (Å²) in [4.78, 5) is 46.1. The van der Waals surface area contributed by atoms with Gasteiger partial charge in [0.2, 0.25) is 17.7 Å². The lowest BCUT2D eigenvalue weighted by atomic mass is 9.97. The highest BCUT2D eigenvalue weighted by molar-refractivity contribution is 6.30. The van der Waals surface area contributed by atoms with Gasteiger partial charge in [-0.05, 0) is 97.2 Å². The fourth-order valence-electron chi connectivity index (χ4n) is 7.42. The van der Waals surface area contributed by atoms with Gasteiger partial charge in [0.15, 0.2) is 0 Å². The molecule has 9 heteroatoms. The largest absolute Gasteiger partial charge is 0.343 e. The molecular weight excluding hydrogens is 646 g/mol. The first kappa shape index (κ1) is 35.6. The average molecular weight is 694 g/mol. The molecule has 0 bridgehead atoms. The van der Waals surface area contributed by atoms with Crippen LogP contribution in [0.4, 0.5) is 0 Å². The van der Waals surface area contributed by atoms with Crippen LogP contribution in [0, 0.1) is 6.92 Å². The number of hydrogen-bond donors (Lipinski definition) is 3. The van der Waals surface area contributed by atoms with Crippen molar-refractivity contribution in [1.82, 2.24) is 20.4 Å². The normalized spacial score (nSPS) is 19.9. The van der Waals surface area contributed by atoms with Crippen LogP contribution in [0.1, 0.15) is 60.4 Å². The van der Waals surface area contributed by atoms with Gasteiger partial charge in [0.1, 0.15) is 12.1 Å². The Balaban J connectivity index is 1.19. The van der Waals surface area contributed by atoms with Crippen molar-refractivity contribution in [2.45, 2.75) is 76.0 Å². The Morgan fingerprint density at radius 3 is 2.50 bits per heavy atom. The van der Waals surface area contributed by atoms with Crippen LogP contribution in [0.5, 0.6) is 0 Å². The van der Waals surface area contributed by atoms with E-state index in [1.807, 2.05) is 60.4 Å². The molecule has 0 spiro atoms. The van der Waals surface area contributed by atoms with Crippen LogP contribution in [0.25, 0.3) is 10.8 Å². The number of amides is 3. The lowest BCUT2D eigenvalue weighted by Crippen LogP contribution is -2.63. The number of fused-ring (bicyclic) bond motifs is 1. The molecule has 4 aromatic rings. The van der Waals surface area contributed by atoms with Crippen molar-refractivity contribution in [1.29, 1.82) is 0 Å². The fourth-order valence-corrected chi connectivity index (χ4v) is 7.65. The van der Waals surface area contributed by atoms with E-state index >= 15 is 0 Å². The highest BCUT2D eigenvalue weighted by Gasteiger charge is 2.40. The summed E-state index contributed by atoms with van der Waals surface area (Å²) < 4.78 is 0. The summed E-state index contributed by atoms with van der Waals surface area (Å²) in [5.74, 6) is -0.475. The van der Waals surface area contributed by atoms with Crippen molar-refractivity contribution in [2.75, 3.05) is 26.2 Å². The van der Waals surface area contributed by atoms with Crippen LogP contribution >= 0.6 is 11.6 Å². The smallest absolute Gasteiger partial charge is 0.246 e. The Bertz CT molecular complexity index is 1800. The Morgan fingerprint density at radius 1 is 0.940 bits per heavy atom. The second-order valence-corrected chi connectivity index (χ2v) is 14.1. The molecule has 4 atom stereocenters. The second-order valence-electron chi connectivity index (χ2n) is 13.7. The Morgan fingerprint density at radius 2 is 1.72 bits per heavy atom. The van der Waals surface area contributed by atoms with E-state index in [-0.39, 0.29) is 23.8 Å². The molecule has 2 saturated heterocycles. The molecule has 2 aliphatic heterocycles. The lowest BCUT2D eigenvalue weighted by molar-refractivity contribution is -0.153. The van der Waals surface area contributed by atoms with Crippen LogP contribution in [0.2, 0.25) is 5.02 Å². The van der Waals surface area contributed by atoms with E-state index in [9.17, 15) is 14.4 Å². The minimum Gasteiger partial charge on any atom is -0.343 e. The van der Waals surface area contributed by atoms with E-state index < -0.39 is 18.1 Å². The van der Waals surface area contributed by atoms with Gasteiger partial charge in [0.25, 0.3) is 0 Å². The topological polar surface area (TPSA) is 108 Å². The van der Waals surface area contributed by atoms with Crippen LogP contribution in [-0.2, 0) is 27.2 Å². The molecule has 262 valence electrons. The highest BCUT2D eigenvalue weighted by atomic mass is 35.5. The SMILES string of the molecule is Cc1cc(Cl)ccc1C[C@@H](NC(=O)[C@@H]1CC[C@H](c2ccccc2)N1)C(=O)N1CCN(CCc2ccc3ccccc3c2)C(=O)[C@@H]1CCCCN. The van der Waals surface area contributed by atoms with Crippen LogP contribution in [0.3, 0.4) is 0 Å². The maximum absolute atomic E-state index is 14.6. The minimum absolute atomic E-state index is 0.0432. The molecule has 0 unspecified atom stereocenters. The number of nitrogens with zero attached hydrogens (tertiary/aromatic N) is 2. The lowest BCUT2D eigenvalue weighted by Gasteiger charge is -2.42. The minimum atomic E-state index is -0.839. The molecule has 0 saturated carbocycles. The Kier molecular flexibility index (Phi) is 11.8. The Hall–Kier alpha value is -4.24. The number of hydrogen-bond acceptors (Lipinski definition) is 5. The molecule has 2 heterocycles. The summed E-state index contributed by atoms with van der Waals surface area (Å²) in [6.45, 7) is 3.90. The molecule has 4 aromatic carbocycles. The number of rotatable bonds is 13. The maximum Gasteiger partial charge on any atom is 0.246 e. The zero-order chi connectivity index (χ0) is 35.0. The van der Waals surface area contributed by atoms with E-state index in [1.165, 1.54) is 16.3 Å². The summed E-state index contributed by atoms with van der Waals surface area (Å²) in [5.41, 5.74) is 10.0. The molecular formula is C41H48ClN5O3. The van der Waals surface area contributed by atoms with Gasteiger partial charge in [-0.3, -0.25) is 19.7 Å². The number of nitrogens with one attached hydrogen (secondary N) is 2. The van der Waals surface area contributed by atoms with Gasteiger partial charge in [-0.2, -0.15) is 0 Å². The first-order valence-corrected chi connectivity index (χ1v) is 18.3. The van der Waals surface area contributed by atoms with Crippen molar-refractivity contribution < 1.29 is 14.4 Å².